The first kappa shape index (κ1) is 31.8. The SMILES string of the molecule is COCCNC(=O)c1noc2c(F)c(N3CC(C)OC(C)C3)c(CO[Si](c3ccccc3)(c3ccccc3)C(C)(C)C)cc12. The molecule has 4 aromatic rings. The number of anilines is 1. The molecule has 8 nitrogen and oxygen atoms in total. The summed E-state index contributed by atoms with van der Waals surface area (Å²) >= 11 is 0. The Kier molecular flexibility index (Phi) is 9.55. The molecule has 234 valence electrons. The molecule has 2 heterocycles. The summed E-state index contributed by atoms with van der Waals surface area (Å²) in [4.78, 5) is 15.0. The number of amides is 1. The van der Waals surface area contributed by atoms with Crippen molar-refractivity contribution in [3.05, 3.63) is 83.8 Å². The highest BCUT2D eigenvalue weighted by Gasteiger charge is 2.50. The second-order valence-electron chi connectivity index (χ2n) is 12.5. The highest BCUT2D eigenvalue weighted by atomic mass is 28.4. The van der Waals surface area contributed by atoms with Gasteiger partial charge in [0.05, 0.1) is 36.5 Å². The van der Waals surface area contributed by atoms with Gasteiger partial charge in [0.15, 0.2) is 11.5 Å². The van der Waals surface area contributed by atoms with E-state index in [4.69, 9.17) is 18.4 Å². The number of ether oxygens (including phenoxy) is 2. The number of aromatic nitrogens is 1. The zero-order valence-electron chi connectivity index (χ0n) is 26.4. The standard InChI is InChI=1S/C34H42FN3O5Si/c1-23-20-38(21-24(2)42-23)31-25(19-28-30(33(39)36-17-18-40-6)37-43-32(28)29(31)35)22-41-44(34(3,4)5,26-13-9-7-10-14-26)27-15-11-8-12-16-27/h7-16,19,23-24H,17-18,20-22H2,1-6H3,(H,36,39). The van der Waals surface area contributed by atoms with Gasteiger partial charge in [-0.25, -0.2) is 4.39 Å². The smallest absolute Gasteiger partial charge is 0.274 e. The molecule has 1 amide bonds. The van der Waals surface area contributed by atoms with Crippen LogP contribution in [0.4, 0.5) is 10.1 Å². The Morgan fingerprint density at radius 3 is 2.18 bits per heavy atom. The molecule has 0 spiro atoms. The van der Waals surface area contributed by atoms with Crippen LogP contribution in [0.3, 0.4) is 0 Å². The molecule has 44 heavy (non-hydrogen) atoms. The van der Waals surface area contributed by atoms with Gasteiger partial charge in [-0.05, 0) is 35.3 Å². The minimum atomic E-state index is -2.96. The third-order valence-corrected chi connectivity index (χ3v) is 13.1. The fraction of sp³-hybridized carbons (Fsp3) is 0.412. The van der Waals surface area contributed by atoms with Crippen LogP contribution in [0.5, 0.6) is 0 Å². The van der Waals surface area contributed by atoms with E-state index in [1.165, 1.54) is 0 Å². The first-order valence-corrected chi connectivity index (χ1v) is 17.0. The lowest BCUT2D eigenvalue weighted by atomic mass is 10.1. The molecular formula is C34H42FN3O5Si. The van der Waals surface area contributed by atoms with E-state index in [0.717, 1.165) is 10.4 Å². The molecular weight excluding hydrogens is 577 g/mol. The van der Waals surface area contributed by atoms with E-state index in [-0.39, 0.29) is 41.7 Å². The van der Waals surface area contributed by atoms with Crippen LogP contribution >= 0.6 is 0 Å². The number of nitrogens with zero attached hydrogens (tertiary/aromatic N) is 2. The van der Waals surface area contributed by atoms with Gasteiger partial charge in [-0.15, -0.1) is 0 Å². The van der Waals surface area contributed by atoms with E-state index in [0.29, 0.717) is 36.3 Å². The van der Waals surface area contributed by atoms with Gasteiger partial charge in [-0.1, -0.05) is 86.6 Å². The van der Waals surface area contributed by atoms with Gasteiger partial charge in [0.2, 0.25) is 5.58 Å². The third kappa shape index (κ3) is 6.17. The molecule has 1 aromatic heterocycles. The number of morpholine rings is 1. The number of halogens is 1. The maximum absolute atomic E-state index is 16.6. The van der Waals surface area contributed by atoms with E-state index < -0.39 is 20.0 Å². The largest absolute Gasteiger partial charge is 0.403 e. The predicted molar refractivity (Wildman–Crippen MR) is 173 cm³/mol. The van der Waals surface area contributed by atoms with Crippen LogP contribution in [0.2, 0.25) is 5.04 Å². The van der Waals surface area contributed by atoms with Crippen LogP contribution in [-0.4, -0.2) is 64.9 Å². The van der Waals surface area contributed by atoms with E-state index >= 15 is 4.39 Å². The molecule has 0 saturated carbocycles. The van der Waals surface area contributed by atoms with E-state index in [1.807, 2.05) is 55.1 Å². The Bertz CT molecular complexity index is 1530. The molecule has 1 aliphatic rings. The van der Waals surface area contributed by atoms with Crippen LogP contribution in [0.1, 0.15) is 50.7 Å². The summed E-state index contributed by atoms with van der Waals surface area (Å²) in [6, 6.07) is 22.5. The van der Waals surface area contributed by atoms with E-state index in [2.05, 4.69) is 55.5 Å². The summed E-state index contributed by atoms with van der Waals surface area (Å²) < 4.78 is 40.4. The topological polar surface area (TPSA) is 86.1 Å². The van der Waals surface area contributed by atoms with Crippen molar-refractivity contribution in [1.82, 2.24) is 10.5 Å². The van der Waals surface area contributed by atoms with Crippen molar-refractivity contribution >= 4 is 41.3 Å². The fourth-order valence-corrected chi connectivity index (χ4v) is 10.9. The van der Waals surface area contributed by atoms with Gasteiger partial charge in [0.25, 0.3) is 14.2 Å². The summed E-state index contributed by atoms with van der Waals surface area (Å²) in [5, 5.41) is 9.03. The highest BCUT2D eigenvalue weighted by Crippen LogP contribution is 2.40. The molecule has 0 radical (unpaired) electrons. The van der Waals surface area contributed by atoms with Crippen LogP contribution < -0.4 is 20.6 Å². The second kappa shape index (κ2) is 13.2. The number of carbonyl (C=O) groups is 1. The molecule has 0 aliphatic carbocycles. The average molecular weight is 620 g/mol. The summed E-state index contributed by atoms with van der Waals surface area (Å²) in [5.74, 6) is -1.02. The van der Waals surface area contributed by atoms with Gasteiger partial charge in [-0.3, -0.25) is 4.79 Å². The lowest BCUT2D eigenvalue weighted by Crippen LogP contribution is -2.66. The molecule has 1 aliphatic heterocycles. The van der Waals surface area contributed by atoms with Crippen LogP contribution in [0.25, 0.3) is 11.0 Å². The second-order valence-corrected chi connectivity index (χ2v) is 16.8. The Morgan fingerprint density at radius 2 is 1.64 bits per heavy atom. The van der Waals surface area contributed by atoms with Crippen molar-refractivity contribution in [2.24, 2.45) is 0 Å². The molecule has 10 heteroatoms. The number of methoxy groups -OCH3 is 1. The highest BCUT2D eigenvalue weighted by molar-refractivity contribution is 6.99. The third-order valence-electron chi connectivity index (χ3n) is 8.16. The van der Waals surface area contributed by atoms with Crippen LogP contribution in [0.15, 0.2) is 71.3 Å². The quantitative estimate of drug-likeness (QED) is 0.197. The number of hydrogen-bond donors (Lipinski definition) is 1. The van der Waals surface area contributed by atoms with Crippen molar-refractivity contribution < 1.29 is 27.6 Å². The van der Waals surface area contributed by atoms with Crippen molar-refractivity contribution in [3.8, 4) is 0 Å². The normalized spacial score (nSPS) is 17.7. The number of rotatable bonds is 10. The van der Waals surface area contributed by atoms with Gasteiger partial charge in [-0.2, -0.15) is 0 Å². The Labute approximate surface area is 259 Å². The van der Waals surface area contributed by atoms with E-state index in [1.54, 1.807) is 13.2 Å². The van der Waals surface area contributed by atoms with Crippen molar-refractivity contribution in [3.63, 3.8) is 0 Å². The monoisotopic (exact) mass is 619 g/mol. The molecule has 1 N–H and O–H groups in total. The minimum absolute atomic E-state index is 0.0250. The summed E-state index contributed by atoms with van der Waals surface area (Å²) in [6.07, 6.45) is -0.202. The number of nitrogens with one attached hydrogen (secondary N) is 1. The van der Waals surface area contributed by atoms with Crippen LogP contribution in [-0.2, 0) is 20.5 Å². The number of hydrogen-bond acceptors (Lipinski definition) is 7. The maximum Gasteiger partial charge on any atom is 0.274 e. The molecule has 1 saturated heterocycles. The molecule has 1 fully saturated rings. The Balaban J connectivity index is 1.66. The van der Waals surface area contributed by atoms with E-state index in [9.17, 15) is 4.79 Å². The van der Waals surface area contributed by atoms with Crippen molar-refractivity contribution in [1.29, 1.82) is 0 Å². The van der Waals surface area contributed by atoms with Gasteiger partial charge < -0.3 is 28.6 Å². The molecule has 3 aromatic carbocycles. The summed E-state index contributed by atoms with van der Waals surface area (Å²) in [5.41, 5.74) is 0.980. The van der Waals surface area contributed by atoms with Crippen molar-refractivity contribution in [2.45, 2.75) is 58.5 Å². The summed E-state index contributed by atoms with van der Waals surface area (Å²) in [6.45, 7) is 12.3. The Hall–Kier alpha value is -3.57. The predicted octanol–water partition coefficient (Wildman–Crippen LogP) is 5.03. The zero-order chi connectivity index (χ0) is 31.5. The minimum Gasteiger partial charge on any atom is -0.403 e. The number of fused-ring (bicyclic) bond motifs is 1. The molecule has 5 rings (SSSR count). The lowest BCUT2D eigenvalue weighted by molar-refractivity contribution is -0.00549. The zero-order valence-corrected chi connectivity index (χ0v) is 27.4. The first-order chi connectivity index (χ1) is 21.1. The molecule has 2 atom stereocenters. The number of benzene rings is 3. The molecule has 2 unspecified atom stereocenters. The number of carbonyl (C=O) groups excluding carboxylic acids is 1. The summed E-state index contributed by atoms with van der Waals surface area (Å²) in [7, 11) is -1.40. The fourth-order valence-electron chi connectivity index (χ4n) is 6.35. The van der Waals surface area contributed by atoms with Crippen LogP contribution in [0, 0.1) is 5.82 Å². The van der Waals surface area contributed by atoms with Gasteiger partial charge >= 0.3 is 0 Å². The average Bonchev–Trinajstić information content (AvgIpc) is 3.42. The molecule has 0 bridgehead atoms. The Morgan fingerprint density at radius 1 is 1.05 bits per heavy atom. The van der Waals surface area contributed by atoms with Gasteiger partial charge in [0.1, 0.15) is 0 Å². The first-order valence-electron chi connectivity index (χ1n) is 15.1. The maximum atomic E-state index is 16.6. The van der Waals surface area contributed by atoms with Crippen molar-refractivity contribution in [2.75, 3.05) is 38.3 Å². The lowest BCUT2D eigenvalue weighted by Gasteiger charge is -2.43. The van der Waals surface area contributed by atoms with Gasteiger partial charge in [0, 0.05) is 32.3 Å².